The molecule has 0 spiro atoms. The van der Waals surface area contributed by atoms with Gasteiger partial charge in [0.25, 0.3) is 0 Å². The van der Waals surface area contributed by atoms with Gasteiger partial charge in [-0.05, 0) is 24.0 Å². The highest BCUT2D eigenvalue weighted by Crippen LogP contribution is 2.23. The first-order valence-electron chi connectivity index (χ1n) is 6.42. The number of carboxylic acids is 1. The zero-order valence-electron chi connectivity index (χ0n) is 12.3. The third-order valence-electron chi connectivity index (χ3n) is 2.87. The van der Waals surface area contributed by atoms with E-state index in [-0.39, 0.29) is 11.7 Å². The topological polar surface area (TPSA) is 66.4 Å². The smallest absolute Gasteiger partial charge is 0.326 e. The van der Waals surface area contributed by atoms with Gasteiger partial charge in [0.1, 0.15) is 6.04 Å². The summed E-state index contributed by atoms with van der Waals surface area (Å²) in [6.45, 7) is 7.36. The monoisotopic (exact) mass is 295 g/mol. The zero-order valence-corrected chi connectivity index (χ0v) is 13.1. The quantitative estimate of drug-likeness (QED) is 0.820. The van der Waals surface area contributed by atoms with E-state index in [1.807, 2.05) is 31.2 Å². The van der Waals surface area contributed by atoms with E-state index >= 15 is 0 Å². The fourth-order valence-electron chi connectivity index (χ4n) is 1.71. The predicted octanol–water partition coefficient (Wildman–Crippen LogP) is 2.70. The van der Waals surface area contributed by atoms with Crippen LogP contribution < -0.4 is 5.32 Å². The minimum Gasteiger partial charge on any atom is -0.480 e. The number of nitrogens with one attached hydrogen (secondary N) is 1. The highest BCUT2D eigenvalue weighted by molar-refractivity contribution is 8.00. The Kier molecular flexibility index (Phi) is 5.62. The summed E-state index contributed by atoms with van der Waals surface area (Å²) in [7, 11) is 0. The molecule has 0 aromatic heterocycles. The third-order valence-corrected chi connectivity index (χ3v) is 4.05. The van der Waals surface area contributed by atoms with Crippen LogP contribution >= 0.6 is 11.8 Å². The Balaban J connectivity index is 2.60. The first-order chi connectivity index (χ1) is 9.21. The number of rotatable bonds is 5. The van der Waals surface area contributed by atoms with Gasteiger partial charge >= 0.3 is 5.97 Å². The average Bonchev–Trinajstić information content (AvgIpc) is 2.33. The van der Waals surface area contributed by atoms with Gasteiger partial charge in [-0.15, -0.1) is 11.8 Å². The number of benzene rings is 1. The Bertz CT molecular complexity index is 494. The van der Waals surface area contributed by atoms with Crippen LogP contribution in [0, 0.1) is 12.3 Å². The summed E-state index contributed by atoms with van der Waals surface area (Å²) >= 11 is 1.41. The summed E-state index contributed by atoms with van der Waals surface area (Å²) < 4.78 is 0. The highest BCUT2D eigenvalue weighted by Gasteiger charge is 2.32. The van der Waals surface area contributed by atoms with E-state index in [1.54, 1.807) is 20.8 Å². The van der Waals surface area contributed by atoms with Gasteiger partial charge in [0.15, 0.2) is 0 Å². The minimum absolute atomic E-state index is 0.213. The van der Waals surface area contributed by atoms with Crippen LogP contribution in [0.25, 0.3) is 0 Å². The number of aliphatic carboxylic acids is 1. The van der Waals surface area contributed by atoms with Crippen molar-refractivity contribution in [3.63, 3.8) is 0 Å². The standard InChI is InChI=1S/C15H21NO3S/c1-10-7-5-6-8-11(10)20-9-12(17)16-13(14(18)19)15(2,3)4/h5-8,13H,9H2,1-4H3,(H,16,17)(H,18,19)/t13-/m0/s1. The largest absolute Gasteiger partial charge is 0.480 e. The first-order valence-corrected chi connectivity index (χ1v) is 7.41. The van der Waals surface area contributed by atoms with Gasteiger partial charge < -0.3 is 10.4 Å². The summed E-state index contributed by atoms with van der Waals surface area (Å²) in [6, 6.07) is 6.91. The number of carboxylic acid groups (broad SMARTS) is 1. The van der Waals surface area contributed by atoms with E-state index in [4.69, 9.17) is 5.11 Å². The van der Waals surface area contributed by atoms with Crippen molar-refractivity contribution in [2.24, 2.45) is 5.41 Å². The molecular formula is C15H21NO3S. The Morgan fingerprint density at radius 1 is 1.30 bits per heavy atom. The van der Waals surface area contributed by atoms with Gasteiger partial charge in [0, 0.05) is 4.90 Å². The number of hydrogen-bond acceptors (Lipinski definition) is 3. The van der Waals surface area contributed by atoms with Crippen LogP contribution in [0.4, 0.5) is 0 Å². The maximum Gasteiger partial charge on any atom is 0.326 e. The molecule has 0 bridgehead atoms. The summed E-state index contributed by atoms with van der Waals surface area (Å²) in [5, 5.41) is 11.8. The van der Waals surface area contributed by atoms with E-state index in [9.17, 15) is 9.59 Å². The lowest BCUT2D eigenvalue weighted by molar-refractivity contribution is -0.144. The summed E-state index contributed by atoms with van der Waals surface area (Å²) in [5.41, 5.74) is 0.588. The lowest BCUT2D eigenvalue weighted by Crippen LogP contribution is -2.49. The Morgan fingerprint density at radius 2 is 1.90 bits per heavy atom. The van der Waals surface area contributed by atoms with Crippen molar-refractivity contribution in [3.8, 4) is 0 Å². The molecule has 1 aromatic carbocycles. The summed E-state index contributed by atoms with van der Waals surface area (Å²) in [5.74, 6) is -1.06. The van der Waals surface area contributed by atoms with E-state index in [0.717, 1.165) is 10.5 Å². The van der Waals surface area contributed by atoms with Gasteiger partial charge in [-0.2, -0.15) is 0 Å². The van der Waals surface area contributed by atoms with E-state index in [2.05, 4.69) is 5.32 Å². The number of amides is 1. The molecule has 1 amide bonds. The van der Waals surface area contributed by atoms with Crippen molar-refractivity contribution in [1.29, 1.82) is 0 Å². The second-order valence-corrected chi connectivity index (χ2v) is 6.78. The maximum absolute atomic E-state index is 11.9. The van der Waals surface area contributed by atoms with Crippen LogP contribution in [0.15, 0.2) is 29.2 Å². The van der Waals surface area contributed by atoms with Crippen LogP contribution in [0.1, 0.15) is 26.3 Å². The molecule has 5 heteroatoms. The Labute approximate surface area is 124 Å². The van der Waals surface area contributed by atoms with E-state index in [1.165, 1.54) is 11.8 Å². The predicted molar refractivity (Wildman–Crippen MR) is 80.9 cm³/mol. The zero-order chi connectivity index (χ0) is 15.3. The van der Waals surface area contributed by atoms with Crippen LogP contribution in [0.3, 0.4) is 0 Å². The van der Waals surface area contributed by atoms with Crippen molar-refractivity contribution < 1.29 is 14.7 Å². The number of aryl methyl sites for hydroxylation is 1. The van der Waals surface area contributed by atoms with E-state index < -0.39 is 17.4 Å². The molecular weight excluding hydrogens is 274 g/mol. The molecule has 4 nitrogen and oxygen atoms in total. The Hall–Kier alpha value is -1.49. The molecule has 0 saturated heterocycles. The number of carbonyl (C=O) groups excluding carboxylic acids is 1. The van der Waals surface area contributed by atoms with Crippen LogP contribution in [0.2, 0.25) is 0 Å². The molecule has 0 radical (unpaired) electrons. The lowest BCUT2D eigenvalue weighted by atomic mass is 9.87. The van der Waals surface area contributed by atoms with Crippen molar-refractivity contribution in [1.82, 2.24) is 5.32 Å². The van der Waals surface area contributed by atoms with Crippen molar-refractivity contribution in [2.45, 2.75) is 38.6 Å². The molecule has 1 aromatic rings. The molecule has 0 saturated carbocycles. The van der Waals surface area contributed by atoms with E-state index in [0.29, 0.717) is 0 Å². The normalized spacial score (nSPS) is 12.8. The molecule has 0 fully saturated rings. The highest BCUT2D eigenvalue weighted by atomic mass is 32.2. The van der Waals surface area contributed by atoms with Crippen molar-refractivity contribution in [3.05, 3.63) is 29.8 Å². The molecule has 2 N–H and O–H groups in total. The number of carbonyl (C=O) groups is 2. The second-order valence-electron chi connectivity index (χ2n) is 5.76. The molecule has 1 atom stereocenters. The summed E-state index contributed by atoms with van der Waals surface area (Å²) in [6.07, 6.45) is 0. The van der Waals surface area contributed by atoms with Gasteiger partial charge in [-0.1, -0.05) is 39.0 Å². The molecule has 0 unspecified atom stereocenters. The maximum atomic E-state index is 11.9. The molecule has 1 rings (SSSR count). The molecule has 110 valence electrons. The molecule has 20 heavy (non-hydrogen) atoms. The Morgan fingerprint density at radius 3 is 2.40 bits per heavy atom. The minimum atomic E-state index is -1.01. The van der Waals surface area contributed by atoms with Gasteiger partial charge in [-0.3, -0.25) is 4.79 Å². The first kappa shape index (κ1) is 16.6. The average molecular weight is 295 g/mol. The molecule has 0 aliphatic heterocycles. The van der Waals surface area contributed by atoms with Crippen molar-refractivity contribution >= 4 is 23.6 Å². The summed E-state index contributed by atoms with van der Waals surface area (Å²) in [4.78, 5) is 24.1. The van der Waals surface area contributed by atoms with Crippen LogP contribution in [-0.2, 0) is 9.59 Å². The fraction of sp³-hybridized carbons (Fsp3) is 0.467. The SMILES string of the molecule is Cc1ccccc1SCC(=O)N[C@@H](C(=O)O)C(C)(C)C. The van der Waals surface area contributed by atoms with Crippen LogP contribution in [0.5, 0.6) is 0 Å². The van der Waals surface area contributed by atoms with Gasteiger partial charge in [-0.25, -0.2) is 4.79 Å². The third kappa shape index (κ3) is 4.89. The second kappa shape index (κ2) is 6.79. The van der Waals surface area contributed by atoms with Gasteiger partial charge in [0.05, 0.1) is 5.75 Å². The van der Waals surface area contributed by atoms with Crippen LogP contribution in [-0.4, -0.2) is 28.8 Å². The molecule has 0 aliphatic carbocycles. The van der Waals surface area contributed by atoms with Gasteiger partial charge in [0.2, 0.25) is 5.91 Å². The lowest BCUT2D eigenvalue weighted by Gasteiger charge is -2.27. The fourth-order valence-corrected chi connectivity index (χ4v) is 2.55. The molecule has 0 heterocycles. The number of hydrogen-bond donors (Lipinski definition) is 2. The molecule has 0 aliphatic rings. The van der Waals surface area contributed by atoms with Crippen molar-refractivity contribution in [2.75, 3.05) is 5.75 Å². The number of thioether (sulfide) groups is 1.